The molecule has 3 aromatic carbocycles. The van der Waals surface area contributed by atoms with Crippen LogP contribution in [0.3, 0.4) is 0 Å². The van der Waals surface area contributed by atoms with Crippen molar-refractivity contribution in [2.45, 2.75) is 13.5 Å². The minimum atomic E-state index is -6.00. The Hall–Kier alpha value is -3.65. The smallest absolute Gasteiger partial charge is 0.458 e. The van der Waals surface area contributed by atoms with Crippen LogP contribution < -0.4 is 4.57 Å². The molecular weight excluding hydrogens is 493 g/mol. The predicted octanol–water partition coefficient (Wildman–Crippen LogP) is 7.49. The third-order valence-electron chi connectivity index (χ3n) is 5.11. The summed E-state index contributed by atoms with van der Waals surface area (Å²) in [5.74, 6) is -0.357. The van der Waals surface area contributed by atoms with Gasteiger partial charge in [0, 0.05) is 23.3 Å². The van der Waals surface area contributed by atoms with Crippen molar-refractivity contribution in [3.63, 3.8) is 0 Å². The first kappa shape index (κ1) is 27.0. The molecule has 0 aliphatic rings. The zero-order valence-corrected chi connectivity index (χ0v) is 20.1. The van der Waals surface area contributed by atoms with Crippen LogP contribution in [0.1, 0.15) is 23.0 Å². The summed E-state index contributed by atoms with van der Waals surface area (Å²) < 4.78 is 46.4. The fraction of sp³-hybridized carbons (Fsp3) is 0.111. The van der Waals surface area contributed by atoms with E-state index in [1.165, 1.54) is 0 Å². The summed E-state index contributed by atoms with van der Waals surface area (Å²) in [6.07, 6.45) is 0. The molecule has 0 spiro atoms. The standard InChI is InChI=1S/C27H23ClNO2.BF4/c1-2-31-27(30)26-18-23(20-11-5-3-6-12-20)17-25(21-13-7-4-8-14-21)29(26)19-22-15-9-10-16-24(22)28;2-1(3,4)5/h3-18H,2,19H2,1H3;/q+1;-1. The molecule has 36 heavy (non-hydrogen) atoms. The molecule has 1 heterocycles. The van der Waals surface area contributed by atoms with Crippen molar-refractivity contribution in [1.29, 1.82) is 0 Å². The second-order valence-corrected chi connectivity index (χ2v) is 8.05. The minimum Gasteiger partial charge on any atom is -0.458 e. The zero-order chi connectivity index (χ0) is 26.1. The highest BCUT2D eigenvalue weighted by Gasteiger charge is 2.28. The molecule has 0 atom stereocenters. The topological polar surface area (TPSA) is 30.2 Å². The number of halogens is 5. The third kappa shape index (κ3) is 7.68. The van der Waals surface area contributed by atoms with E-state index in [1.54, 1.807) is 0 Å². The van der Waals surface area contributed by atoms with Crippen molar-refractivity contribution in [2.75, 3.05) is 6.61 Å². The summed E-state index contributed by atoms with van der Waals surface area (Å²) in [6.45, 7) is 2.57. The van der Waals surface area contributed by atoms with Gasteiger partial charge in [0.15, 0.2) is 6.54 Å². The molecule has 1 aromatic heterocycles. The number of hydrogen-bond acceptors (Lipinski definition) is 2. The highest BCUT2D eigenvalue weighted by atomic mass is 35.5. The van der Waals surface area contributed by atoms with Crippen LogP contribution in [0.15, 0.2) is 97.1 Å². The van der Waals surface area contributed by atoms with E-state index in [4.69, 9.17) is 16.3 Å². The molecule has 0 saturated carbocycles. The number of pyridine rings is 1. The van der Waals surface area contributed by atoms with Gasteiger partial charge in [0.25, 0.3) is 5.69 Å². The van der Waals surface area contributed by atoms with Gasteiger partial charge in [-0.25, -0.2) is 4.79 Å². The Bertz CT molecular complexity index is 1300. The molecular formula is C27H23BClF4NO2. The van der Waals surface area contributed by atoms with E-state index in [0.29, 0.717) is 23.9 Å². The van der Waals surface area contributed by atoms with Gasteiger partial charge < -0.3 is 22.0 Å². The molecule has 3 nitrogen and oxygen atoms in total. The quantitative estimate of drug-likeness (QED) is 0.115. The number of nitrogens with zero attached hydrogens (tertiary/aromatic N) is 1. The molecule has 4 aromatic rings. The van der Waals surface area contributed by atoms with Gasteiger partial charge in [-0.2, -0.15) is 4.57 Å². The average molecular weight is 516 g/mol. The fourth-order valence-electron chi connectivity index (χ4n) is 3.61. The Labute approximate surface area is 212 Å². The third-order valence-corrected chi connectivity index (χ3v) is 5.48. The molecule has 0 radical (unpaired) electrons. The van der Waals surface area contributed by atoms with E-state index in [9.17, 15) is 22.1 Å². The van der Waals surface area contributed by atoms with Crippen LogP contribution in [0, 0.1) is 0 Å². The van der Waals surface area contributed by atoms with Gasteiger partial charge in [0.05, 0.1) is 11.6 Å². The number of esters is 1. The first-order valence-corrected chi connectivity index (χ1v) is 11.5. The van der Waals surface area contributed by atoms with Crippen LogP contribution >= 0.6 is 11.6 Å². The van der Waals surface area contributed by atoms with Gasteiger partial charge in [-0.05, 0) is 36.2 Å². The Morgan fingerprint density at radius 2 is 1.33 bits per heavy atom. The van der Waals surface area contributed by atoms with Gasteiger partial charge in [0.1, 0.15) is 0 Å². The zero-order valence-electron chi connectivity index (χ0n) is 19.4. The lowest BCUT2D eigenvalue weighted by atomic mass is 10.0. The van der Waals surface area contributed by atoms with E-state index < -0.39 is 7.25 Å². The predicted molar refractivity (Wildman–Crippen MR) is 134 cm³/mol. The molecule has 0 amide bonds. The van der Waals surface area contributed by atoms with Gasteiger partial charge in [-0.3, -0.25) is 0 Å². The summed E-state index contributed by atoms with van der Waals surface area (Å²) in [6, 6.07) is 31.8. The Morgan fingerprint density at radius 1 is 0.806 bits per heavy atom. The second kappa shape index (κ2) is 12.4. The maximum atomic E-state index is 13.0. The number of rotatable bonds is 6. The molecule has 0 fully saturated rings. The number of ether oxygens (including phenoxy) is 1. The first-order valence-electron chi connectivity index (χ1n) is 11.1. The molecule has 0 unspecified atom stereocenters. The van der Waals surface area contributed by atoms with Gasteiger partial charge in [0.2, 0.25) is 5.69 Å². The fourth-order valence-corrected chi connectivity index (χ4v) is 3.80. The Kier molecular flexibility index (Phi) is 9.25. The van der Waals surface area contributed by atoms with Gasteiger partial charge in [-0.1, -0.05) is 78.3 Å². The van der Waals surface area contributed by atoms with Gasteiger partial charge >= 0.3 is 13.2 Å². The molecule has 186 valence electrons. The highest BCUT2D eigenvalue weighted by Crippen LogP contribution is 2.26. The highest BCUT2D eigenvalue weighted by molar-refractivity contribution is 6.50. The lowest BCUT2D eigenvalue weighted by Crippen LogP contribution is -2.44. The molecule has 0 saturated heterocycles. The van der Waals surface area contributed by atoms with E-state index in [0.717, 1.165) is 27.9 Å². The monoisotopic (exact) mass is 515 g/mol. The van der Waals surface area contributed by atoms with Crippen molar-refractivity contribution in [3.05, 3.63) is 113 Å². The van der Waals surface area contributed by atoms with Crippen LogP contribution in [0.4, 0.5) is 17.3 Å². The Balaban J connectivity index is 0.000000658. The van der Waals surface area contributed by atoms with E-state index in [1.807, 2.05) is 102 Å². The molecule has 4 rings (SSSR count). The normalized spacial score (nSPS) is 10.8. The Morgan fingerprint density at radius 3 is 1.89 bits per heavy atom. The average Bonchev–Trinajstić information content (AvgIpc) is 2.85. The molecule has 0 bridgehead atoms. The summed E-state index contributed by atoms with van der Waals surface area (Å²) in [5, 5.41) is 0.663. The van der Waals surface area contributed by atoms with Crippen LogP contribution in [-0.4, -0.2) is 19.8 Å². The lowest BCUT2D eigenvalue weighted by molar-refractivity contribution is -0.679. The largest absolute Gasteiger partial charge is 0.673 e. The SMILES string of the molecule is CCOC(=O)c1cc(-c2ccccc2)cc(-c2ccccc2)[n+]1Cc1ccccc1Cl.F[B-](F)(F)F. The lowest BCUT2D eigenvalue weighted by Gasteiger charge is -2.12. The van der Waals surface area contributed by atoms with Crippen molar-refractivity contribution >= 4 is 24.8 Å². The number of hydrogen-bond donors (Lipinski definition) is 0. The van der Waals surface area contributed by atoms with Crippen molar-refractivity contribution in [3.8, 4) is 22.4 Å². The first-order chi connectivity index (χ1) is 17.2. The van der Waals surface area contributed by atoms with Crippen molar-refractivity contribution in [1.82, 2.24) is 0 Å². The molecule has 0 aliphatic heterocycles. The van der Waals surface area contributed by atoms with Crippen LogP contribution in [0.2, 0.25) is 5.02 Å². The number of aromatic nitrogens is 1. The maximum Gasteiger partial charge on any atom is 0.673 e. The number of carbonyl (C=O) groups is 1. The summed E-state index contributed by atoms with van der Waals surface area (Å²) in [5.41, 5.74) is 5.35. The summed E-state index contributed by atoms with van der Waals surface area (Å²) in [7, 11) is -6.00. The number of benzene rings is 3. The van der Waals surface area contributed by atoms with Gasteiger partial charge in [-0.15, -0.1) is 0 Å². The molecule has 0 N–H and O–H groups in total. The molecule has 0 aliphatic carbocycles. The van der Waals surface area contributed by atoms with Crippen LogP contribution in [-0.2, 0) is 11.3 Å². The summed E-state index contributed by atoms with van der Waals surface area (Å²) >= 11 is 6.46. The number of carbonyl (C=O) groups excluding carboxylic acids is 1. The minimum absolute atomic E-state index is 0.307. The van der Waals surface area contributed by atoms with Crippen molar-refractivity contribution < 1.29 is 31.4 Å². The molecule has 9 heteroatoms. The van der Waals surface area contributed by atoms with E-state index in [-0.39, 0.29) is 5.97 Å². The maximum absolute atomic E-state index is 13.0. The van der Waals surface area contributed by atoms with Crippen LogP contribution in [0.5, 0.6) is 0 Å². The second-order valence-electron chi connectivity index (χ2n) is 7.64. The summed E-state index contributed by atoms with van der Waals surface area (Å²) in [4.78, 5) is 13.0. The van der Waals surface area contributed by atoms with E-state index >= 15 is 0 Å². The van der Waals surface area contributed by atoms with Crippen LogP contribution in [0.25, 0.3) is 22.4 Å². The van der Waals surface area contributed by atoms with Crippen molar-refractivity contribution in [2.24, 2.45) is 0 Å². The van der Waals surface area contributed by atoms with E-state index in [2.05, 4.69) is 6.07 Å².